The average molecular weight is 462 g/mol. The zero-order chi connectivity index (χ0) is 23.2. The fourth-order valence-corrected chi connectivity index (χ4v) is 5.79. The third kappa shape index (κ3) is 3.65. The fourth-order valence-electron chi connectivity index (χ4n) is 5.66. The van der Waals surface area contributed by atoms with Crippen LogP contribution in [0.3, 0.4) is 0 Å². The molecule has 1 aliphatic heterocycles. The third-order valence-electron chi connectivity index (χ3n) is 7.26. The fraction of sp³-hybridized carbons (Fsp3) is 0.188. The summed E-state index contributed by atoms with van der Waals surface area (Å²) >= 11 is 6.20. The van der Waals surface area contributed by atoms with Crippen LogP contribution in [0.25, 0.3) is 17.5 Å². The summed E-state index contributed by atoms with van der Waals surface area (Å²) in [4.78, 5) is 2.40. The van der Waals surface area contributed by atoms with E-state index in [1.165, 1.54) is 54.5 Å². The van der Waals surface area contributed by atoms with Gasteiger partial charge in [0.1, 0.15) is 0 Å². The molecule has 0 radical (unpaired) electrons. The highest BCUT2D eigenvalue weighted by molar-refractivity contribution is 6.30. The van der Waals surface area contributed by atoms with Crippen LogP contribution in [0.1, 0.15) is 35.6 Å². The van der Waals surface area contributed by atoms with Gasteiger partial charge in [0.05, 0.1) is 5.70 Å². The second kappa shape index (κ2) is 8.49. The van der Waals surface area contributed by atoms with E-state index < -0.39 is 0 Å². The van der Waals surface area contributed by atoms with E-state index in [1.807, 2.05) is 12.1 Å². The quantitative estimate of drug-likeness (QED) is 0.427. The number of hydrogen-bond donors (Lipinski definition) is 0. The van der Waals surface area contributed by atoms with Gasteiger partial charge in [-0.2, -0.15) is 0 Å². The molecule has 2 heteroatoms. The van der Waals surface area contributed by atoms with Crippen LogP contribution in [0.5, 0.6) is 0 Å². The standard InChI is InChI=1S/C32H28ClN/c1-21-7-8-23-11-14-27-26(29(23)18-21)15-16-28-30(27)19-22(2)20-32(28)34-17-5-3-4-6-31(34)24-9-12-25(33)13-10-24/h3-13,15-18,22H,14,19-20H2,1-2H3. The molecule has 3 aliphatic rings. The molecule has 0 saturated heterocycles. The van der Waals surface area contributed by atoms with Gasteiger partial charge in [-0.25, -0.2) is 0 Å². The minimum atomic E-state index is 0.587. The molecule has 3 aromatic rings. The minimum Gasteiger partial charge on any atom is -0.320 e. The maximum absolute atomic E-state index is 6.20. The first kappa shape index (κ1) is 21.3. The molecule has 0 bridgehead atoms. The van der Waals surface area contributed by atoms with E-state index in [0.717, 1.165) is 24.3 Å². The molecule has 3 aromatic carbocycles. The lowest BCUT2D eigenvalue weighted by atomic mass is 9.82. The topological polar surface area (TPSA) is 3.24 Å². The van der Waals surface area contributed by atoms with Gasteiger partial charge in [-0.15, -0.1) is 0 Å². The lowest BCUT2D eigenvalue weighted by Crippen LogP contribution is -2.32. The van der Waals surface area contributed by atoms with Crippen LogP contribution in [-0.2, 0) is 12.8 Å². The van der Waals surface area contributed by atoms with Crippen LogP contribution in [-0.4, -0.2) is 4.90 Å². The SMILES string of the molecule is Cc1ccc2c(c1)=c1ccc3c(c1CC=2)CC(C)CC=3N1C=CC=CC=C1c1ccc(Cl)cc1. The Balaban J connectivity index is 1.61. The largest absolute Gasteiger partial charge is 0.320 e. The second-order valence-corrected chi connectivity index (χ2v) is 10.2. The van der Waals surface area contributed by atoms with Gasteiger partial charge in [-0.3, -0.25) is 0 Å². The Labute approximate surface area is 206 Å². The second-order valence-electron chi connectivity index (χ2n) is 9.73. The number of fused-ring (bicyclic) bond motifs is 4. The molecule has 1 nitrogen and oxygen atoms in total. The van der Waals surface area contributed by atoms with Crippen molar-refractivity contribution in [3.05, 3.63) is 133 Å². The van der Waals surface area contributed by atoms with Crippen molar-refractivity contribution in [3.63, 3.8) is 0 Å². The predicted octanol–water partition coefficient (Wildman–Crippen LogP) is 6.39. The molecular formula is C32H28ClN. The summed E-state index contributed by atoms with van der Waals surface area (Å²) in [5.74, 6) is 0.587. The molecule has 1 unspecified atom stereocenters. The summed E-state index contributed by atoms with van der Waals surface area (Å²) in [6.45, 7) is 4.57. The number of hydrogen-bond acceptors (Lipinski definition) is 1. The van der Waals surface area contributed by atoms with Gasteiger partial charge in [0.15, 0.2) is 0 Å². The molecule has 168 valence electrons. The number of allylic oxidation sites excluding steroid dienone is 4. The summed E-state index contributed by atoms with van der Waals surface area (Å²) in [6, 6.07) is 19.7. The Morgan fingerprint density at radius 1 is 0.824 bits per heavy atom. The molecule has 0 spiro atoms. The summed E-state index contributed by atoms with van der Waals surface area (Å²) in [6.07, 6.45) is 16.4. The van der Waals surface area contributed by atoms with E-state index in [0.29, 0.717) is 5.92 Å². The highest BCUT2D eigenvalue weighted by Crippen LogP contribution is 2.33. The maximum atomic E-state index is 6.20. The van der Waals surface area contributed by atoms with E-state index in [2.05, 4.69) is 97.8 Å². The molecule has 1 heterocycles. The Morgan fingerprint density at radius 3 is 2.50 bits per heavy atom. The van der Waals surface area contributed by atoms with Crippen LogP contribution in [0.15, 0.2) is 85.1 Å². The Kier molecular flexibility index (Phi) is 5.31. The summed E-state index contributed by atoms with van der Waals surface area (Å²) in [5.41, 5.74) is 8.08. The highest BCUT2D eigenvalue weighted by atomic mass is 35.5. The first-order valence-corrected chi connectivity index (χ1v) is 12.5. The van der Waals surface area contributed by atoms with Gasteiger partial charge in [0, 0.05) is 16.9 Å². The van der Waals surface area contributed by atoms with Gasteiger partial charge in [-0.05, 0) is 94.0 Å². The third-order valence-corrected chi connectivity index (χ3v) is 7.52. The average Bonchev–Trinajstić information content (AvgIpc) is 3.10. The predicted molar refractivity (Wildman–Crippen MR) is 143 cm³/mol. The molecule has 34 heavy (non-hydrogen) atoms. The van der Waals surface area contributed by atoms with Crippen LogP contribution >= 0.6 is 11.6 Å². The van der Waals surface area contributed by atoms with Crippen molar-refractivity contribution in [2.24, 2.45) is 5.92 Å². The first-order chi connectivity index (χ1) is 16.6. The number of aryl methyl sites for hydroxylation is 1. The van der Waals surface area contributed by atoms with Gasteiger partial charge in [0.25, 0.3) is 0 Å². The zero-order valence-corrected chi connectivity index (χ0v) is 20.4. The lowest BCUT2D eigenvalue weighted by Gasteiger charge is -2.32. The molecule has 0 aromatic heterocycles. The Bertz CT molecular complexity index is 1600. The van der Waals surface area contributed by atoms with E-state index in [-0.39, 0.29) is 0 Å². The summed E-state index contributed by atoms with van der Waals surface area (Å²) in [7, 11) is 0. The van der Waals surface area contributed by atoms with Crippen molar-refractivity contribution in [2.75, 3.05) is 0 Å². The van der Waals surface area contributed by atoms with Gasteiger partial charge >= 0.3 is 0 Å². The molecular weight excluding hydrogens is 434 g/mol. The molecule has 1 atom stereocenters. The number of halogens is 1. The lowest BCUT2D eigenvalue weighted by molar-refractivity contribution is 0.534. The normalized spacial score (nSPS) is 18.4. The van der Waals surface area contributed by atoms with Crippen molar-refractivity contribution in [1.82, 2.24) is 4.90 Å². The van der Waals surface area contributed by atoms with Crippen molar-refractivity contribution in [3.8, 4) is 0 Å². The van der Waals surface area contributed by atoms with Crippen molar-refractivity contribution < 1.29 is 0 Å². The molecule has 2 aliphatic carbocycles. The molecule has 0 amide bonds. The van der Waals surface area contributed by atoms with E-state index in [1.54, 1.807) is 0 Å². The Morgan fingerprint density at radius 2 is 1.65 bits per heavy atom. The first-order valence-electron chi connectivity index (χ1n) is 12.1. The van der Waals surface area contributed by atoms with Gasteiger partial charge in [0.2, 0.25) is 0 Å². The van der Waals surface area contributed by atoms with Crippen molar-refractivity contribution in [2.45, 2.75) is 33.1 Å². The van der Waals surface area contributed by atoms with Gasteiger partial charge in [-0.1, -0.05) is 84.8 Å². The van der Waals surface area contributed by atoms with Gasteiger partial charge < -0.3 is 4.90 Å². The molecule has 6 rings (SSSR count). The van der Waals surface area contributed by atoms with Crippen molar-refractivity contribution >= 4 is 29.1 Å². The maximum Gasteiger partial charge on any atom is 0.0524 e. The summed E-state index contributed by atoms with van der Waals surface area (Å²) < 4.78 is 0. The monoisotopic (exact) mass is 461 g/mol. The Hall–Kier alpha value is -3.29. The van der Waals surface area contributed by atoms with Crippen LogP contribution in [0.2, 0.25) is 5.02 Å². The molecule has 0 fully saturated rings. The van der Waals surface area contributed by atoms with E-state index in [4.69, 9.17) is 11.6 Å². The van der Waals surface area contributed by atoms with E-state index in [9.17, 15) is 0 Å². The minimum absolute atomic E-state index is 0.587. The number of benzene rings is 3. The highest BCUT2D eigenvalue weighted by Gasteiger charge is 2.25. The smallest absolute Gasteiger partial charge is 0.0524 e. The van der Waals surface area contributed by atoms with E-state index >= 15 is 0 Å². The molecule has 0 saturated carbocycles. The van der Waals surface area contributed by atoms with Crippen LogP contribution in [0.4, 0.5) is 0 Å². The van der Waals surface area contributed by atoms with Crippen LogP contribution < -0.4 is 10.4 Å². The number of rotatable bonds is 2. The van der Waals surface area contributed by atoms with Crippen molar-refractivity contribution in [1.29, 1.82) is 0 Å². The van der Waals surface area contributed by atoms with Crippen LogP contribution in [0, 0.1) is 23.3 Å². The number of nitrogens with zero attached hydrogens (tertiary/aromatic N) is 1. The zero-order valence-electron chi connectivity index (χ0n) is 19.7. The summed E-state index contributed by atoms with van der Waals surface area (Å²) in [5, 5.41) is 6.31. The molecule has 0 N–H and O–H groups in total.